The predicted octanol–water partition coefficient (Wildman–Crippen LogP) is 3.02. The van der Waals surface area contributed by atoms with Gasteiger partial charge in [0.25, 0.3) is 11.6 Å². The average molecular weight is 479 g/mol. The number of nitrogens with one attached hydrogen (secondary N) is 1. The van der Waals surface area contributed by atoms with Crippen LogP contribution in [0.25, 0.3) is 0 Å². The van der Waals surface area contributed by atoms with Crippen LogP contribution in [0.5, 0.6) is 0 Å². The Morgan fingerprint density at radius 2 is 1.77 bits per heavy atom. The molecule has 0 saturated carbocycles. The largest absolute Gasteiger partial charge is 0.372 e. The molecule has 0 aliphatic carbocycles. The molecule has 35 heavy (non-hydrogen) atoms. The van der Waals surface area contributed by atoms with Crippen LogP contribution in [0.15, 0.2) is 36.4 Å². The summed E-state index contributed by atoms with van der Waals surface area (Å²) in [5.41, 5.74) is 1.48. The fraction of sp³-hybridized carbons (Fsp3) is 0.400. The van der Waals surface area contributed by atoms with Crippen LogP contribution in [-0.2, 0) is 20.7 Å². The molecular weight excluding hydrogens is 452 g/mol. The second kappa shape index (κ2) is 7.88. The molecular formula is C25H26N4O6. The highest BCUT2D eigenvalue weighted by molar-refractivity contribution is 6.30. The van der Waals surface area contributed by atoms with Gasteiger partial charge >= 0.3 is 6.03 Å². The van der Waals surface area contributed by atoms with Gasteiger partial charge in [-0.1, -0.05) is 6.07 Å². The number of nitro groups is 1. The average Bonchev–Trinajstić information content (AvgIpc) is 2.76. The van der Waals surface area contributed by atoms with Crippen molar-refractivity contribution in [2.45, 2.75) is 52.4 Å². The van der Waals surface area contributed by atoms with E-state index < -0.39 is 40.3 Å². The van der Waals surface area contributed by atoms with E-state index in [2.05, 4.69) is 5.32 Å². The molecule has 2 saturated heterocycles. The molecule has 0 aromatic heterocycles. The van der Waals surface area contributed by atoms with E-state index in [4.69, 9.17) is 4.74 Å². The van der Waals surface area contributed by atoms with Crippen LogP contribution < -0.4 is 15.1 Å². The van der Waals surface area contributed by atoms with Crippen molar-refractivity contribution in [1.82, 2.24) is 5.32 Å². The zero-order valence-electron chi connectivity index (χ0n) is 19.9. The highest BCUT2D eigenvalue weighted by Gasteiger charge is 2.65. The fourth-order valence-corrected chi connectivity index (χ4v) is 5.94. The van der Waals surface area contributed by atoms with Crippen LogP contribution in [0.1, 0.15) is 30.5 Å². The van der Waals surface area contributed by atoms with Gasteiger partial charge in [-0.05, 0) is 62.6 Å². The van der Waals surface area contributed by atoms with E-state index in [0.717, 1.165) is 21.7 Å². The lowest BCUT2D eigenvalue weighted by atomic mass is 9.66. The summed E-state index contributed by atoms with van der Waals surface area (Å²) in [6.07, 6.45) is -0.809. The zero-order chi connectivity index (χ0) is 25.2. The maximum absolute atomic E-state index is 14.3. The van der Waals surface area contributed by atoms with Crippen molar-refractivity contribution in [3.05, 3.63) is 63.2 Å². The quantitative estimate of drug-likeness (QED) is 0.400. The SMILES string of the molecule is Cc1cc(C)cc(N2C(=O)NC(=O)[C@]3(Cc4cc([N+](=O)[O-])ccc4N4C[C@@H](C)O[C@H](C)[C@H]43)C2=O)c1. The Morgan fingerprint density at radius 3 is 2.43 bits per heavy atom. The molecule has 10 heteroatoms. The first kappa shape index (κ1) is 23.0. The Kier molecular flexibility index (Phi) is 5.17. The van der Waals surface area contributed by atoms with Gasteiger partial charge in [0.15, 0.2) is 5.41 Å². The topological polar surface area (TPSA) is 122 Å². The molecule has 0 unspecified atom stereocenters. The molecule has 0 radical (unpaired) electrons. The first-order chi connectivity index (χ1) is 16.5. The Bertz CT molecular complexity index is 1270. The number of anilines is 2. The molecule has 1 N–H and O–H groups in total. The molecule has 10 nitrogen and oxygen atoms in total. The van der Waals surface area contributed by atoms with Crippen LogP contribution in [-0.4, -0.2) is 47.6 Å². The van der Waals surface area contributed by atoms with Crippen molar-refractivity contribution < 1.29 is 24.0 Å². The van der Waals surface area contributed by atoms with Gasteiger partial charge in [-0.2, -0.15) is 0 Å². The number of fused-ring (bicyclic) bond motifs is 4. The van der Waals surface area contributed by atoms with Gasteiger partial charge in [0, 0.05) is 30.8 Å². The summed E-state index contributed by atoms with van der Waals surface area (Å²) in [5, 5.41) is 13.9. The maximum atomic E-state index is 14.3. The monoisotopic (exact) mass is 478 g/mol. The van der Waals surface area contributed by atoms with Crippen molar-refractivity contribution in [3.63, 3.8) is 0 Å². The zero-order valence-corrected chi connectivity index (χ0v) is 19.9. The smallest absolute Gasteiger partial charge is 0.335 e. The third kappa shape index (κ3) is 3.39. The third-order valence-electron chi connectivity index (χ3n) is 7.12. The lowest BCUT2D eigenvalue weighted by Crippen LogP contribution is -2.76. The third-order valence-corrected chi connectivity index (χ3v) is 7.12. The molecule has 5 rings (SSSR count). The Labute approximate surface area is 202 Å². The number of nitrogens with zero attached hydrogens (tertiary/aromatic N) is 3. The van der Waals surface area contributed by atoms with Gasteiger partial charge < -0.3 is 9.64 Å². The van der Waals surface area contributed by atoms with Crippen molar-refractivity contribution in [2.75, 3.05) is 16.3 Å². The molecule has 1 spiro atoms. The minimum Gasteiger partial charge on any atom is -0.372 e. The van der Waals surface area contributed by atoms with Crippen LogP contribution in [0.4, 0.5) is 21.9 Å². The van der Waals surface area contributed by atoms with Crippen LogP contribution in [0, 0.1) is 29.4 Å². The first-order valence-electron chi connectivity index (χ1n) is 11.5. The summed E-state index contributed by atoms with van der Waals surface area (Å²) in [4.78, 5) is 54.8. The van der Waals surface area contributed by atoms with Gasteiger partial charge in [-0.15, -0.1) is 0 Å². The molecule has 182 valence electrons. The van der Waals surface area contributed by atoms with Gasteiger partial charge in [0.2, 0.25) is 5.91 Å². The number of barbiturate groups is 1. The summed E-state index contributed by atoms with van der Waals surface area (Å²) in [7, 11) is 0. The molecule has 4 atom stereocenters. The lowest BCUT2D eigenvalue weighted by Gasteiger charge is -2.56. The summed E-state index contributed by atoms with van der Waals surface area (Å²) < 4.78 is 6.08. The van der Waals surface area contributed by atoms with E-state index in [1.54, 1.807) is 18.2 Å². The Hall–Kier alpha value is -3.79. The molecule has 3 aliphatic rings. The Morgan fingerprint density at radius 1 is 1.09 bits per heavy atom. The normalized spacial score (nSPS) is 28.0. The number of urea groups is 1. The van der Waals surface area contributed by atoms with E-state index in [-0.39, 0.29) is 18.2 Å². The molecule has 2 fully saturated rings. The van der Waals surface area contributed by atoms with Gasteiger partial charge in [-0.3, -0.25) is 25.0 Å². The number of nitro benzene ring substituents is 1. The Balaban J connectivity index is 1.71. The molecule has 4 amide bonds. The van der Waals surface area contributed by atoms with E-state index in [1.165, 1.54) is 12.1 Å². The number of benzene rings is 2. The summed E-state index contributed by atoms with van der Waals surface area (Å²) >= 11 is 0. The van der Waals surface area contributed by atoms with Gasteiger partial charge in [0.1, 0.15) is 0 Å². The number of carbonyl (C=O) groups excluding carboxylic acids is 3. The van der Waals surface area contributed by atoms with E-state index >= 15 is 0 Å². The molecule has 3 aliphatic heterocycles. The van der Waals surface area contributed by atoms with E-state index in [1.807, 2.05) is 38.7 Å². The predicted molar refractivity (Wildman–Crippen MR) is 127 cm³/mol. The minimum absolute atomic E-state index is 0.0908. The van der Waals surface area contributed by atoms with Crippen LogP contribution in [0.3, 0.4) is 0 Å². The minimum atomic E-state index is -1.71. The van der Waals surface area contributed by atoms with Gasteiger partial charge in [-0.25, -0.2) is 9.69 Å². The number of rotatable bonds is 2. The van der Waals surface area contributed by atoms with E-state index in [9.17, 15) is 24.5 Å². The number of amides is 4. The fourth-order valence-electron chi connectivity index (χ4n) is 5.94. The highest BCUT2D eigenvalue weighted by atomic mass is 16.6. The number of ether oxygens (including phenoxy) is 1. The standard InChI is InChI=1S/C25H26N4O6/c1-13-7-14(2)9-19(8-13)28-23(31)25(22(30)26-24(28)32)11-17-10-18(29(33)34)5-6-20(17)27-12-15(3)35-16(4)21(25)27/h5-10,15-16,21H,11-12H2,1-4H3,(H,26,30,32)/t15-,16-,21+,25-/m1/s1. The van der Waals surface area contributed by atoms with Crippen molar-refractivity contribution in [1.29, 1.82) is 0 Å². The molecule has 2 aromatic carbocycles. The molecule has 3 heterocycles. The van der Waals surface area contributed by atoms with E-state index in [0.29, 0.717) is 17.8 Å². The van der Waals surface area contributed by atoms with Crippen molar-refractivity contribution in [3.8, 4) is 0 Å². The first-order valence-corrected chi connectivity index (χ1v) is 11.5. The number of hydrogen-bond acceptors (Lipinski definition) is 7. The second-order valence-electron chi connectivity index (χ2n) is 9.71. The van der Waals surface area contributed by atoms with Crippen molar-refractivity contribution in [2.24, 2.45) is 5.41 Å². The molecule has 2 aromatic rings. The summed E-state index contributed by atoms with van der Waals surface area (Å²) in [5.74, 6) is -1.38. The van der Waals surface area contributed by atoms with Crippen molar-refractivity contribution >= 4 is 34.9 Å². The lowest BCUT2D eigenvalue weighted by molar-refractivity contribution is -0.384. The summed E-state index contributed by atoms with van der Waals surface area (Å²) in [6, 6.07) is 8.34. The van der Waals surface area contributed by atoms with Crippen LogP contribution in [0.2, 0.25) is 0 Å². The maximum Gasteiger partial charge on any atom is 0.335 e. The number of aryl methyl sites for hydroxylation is 2. The number of morpholine rings is 1. The number of carbonyl (C=O) groups is 3. The summed E-state index contributed by atoms with van der Waals surface area (Å²) in [6.45, 7) is 7.82. The van der Waals surface area contributed by atoms with Gasteiger partial charge in [0.05, 0.1) is 28.9 Å². The molecule has 0 bridgehead atoms. The second-order valence-corrected chi connectivity index (χ2v) is 9.71. The number of hydrogen-bond donors (Lipinski definition) is 1. The number of imide groups is 2. The van der Waals surface area contributed by atoms with Crippen LogP contribution >= 0.6 is 0 Å². The number of non-ortho nitro benzene ring substituents is 1. The highest BCUT2D eigenvalue weighted by Crippen LogP contribution is 2.49.